The van der Waals surface area contributed by atoms with Crippen LogP contribution in [0.25, 0.3) is 0 Å². The third kappa shape index (κ3) is 10.9. The van der Waals surface area contributed by atoms with Gasteiger partial charge in [-0.25, -0.2) is 9.59 Å². The molecule has 0 amide bonds. The zero-order valence-electron chi connectivity index (χ0n) is 6.57. The molecule has 0 rings (SSSR count). The van der Waals surface area contributed by atoms with Gasteiger partial charge in [0.1, 0.15) is 0 Å². The number of carboxylic acids is 2. The number of carbonyl (C=O) groups is 2. The molecule has 0 atom stereocenters. The van der Waals surface area contributed by atoms with Crippen molar-refractivity contribution < 1.29 is 22.7 Å². The summed E-state index contributed by atoms with van der Waals surface area (Å²) in [6, 6.07) is 0. The monoisotopic (exact) mass is 127 g/mol. The van der Waals surface area contributed by atoms with Gasteiger partial charge in [0, 0.05) is 12.2 Å². The van der Waals surface area contributed by atoms with Crippen LogP contribution in [0.15, 0.2) is 12.2 Å². The summed E-state index contributed by atoms with van der Waals surface area (Å²) in [4.78, 5) is 19.1. The molecule has 0 aliphatic heterocycles. The van der Waals surface area contributed by atoms with Crippen LogP contribution in [0.1, 0.15) is 2.85 Å². The molecule has 0 aliphatic rings. The van der Waals surface area contributed by atoms with E-state index in [0.29, 0.717) is 12.2 Å². The molecule has 0 unspecified atom stereocenters. The fraction of sp³-hybridized carbons (Fsp3) is 0. The first kappa shape index (κ1) is 10.8. The summed E-state index contributed by atoms with van der Waals surface area (Å²) in [5.41, 5.74) is 0. The van der Waals surface area contributed by atoms with Crippen molar-refractivity contribution >= 4 is 22.1 Å². The van der Waals surface area contributed by atoms with Crippen molar-refractivity contribution in [3.8, 4) is 0 Å². The molecule has 0 saturated carbocycles. The van der Waals surface area contributed by atoms with E-state index in [4.69, 9.17) is 10.2 Å². The van der Waals surface area contributed by atoms with Crippen LogP contribution in [0, 0.1) is 0 Å². The van der Waals surface area contributed by atoms with E-state index in [1.165, 1.54) is 0 Å². The van der Waals surface area contributed by atoms with Crippen LogP contribution in [-0.2, 0) is 9.59 Å². The smallest absolute Gasteiger partial charge is 1.00 e. The maximum atomic E-state index is 9.55. The van der Waals surface area contributed by atoms with Gasteiger partial charge in [-0.15, -0.1) is 0 Å². The molecule has 0 aromatic rings. The molecule has 4 nitrogen and oxygen atoms in total. The maximum Gasteiger partial charge on any atom is 2.00 e. The number of hydrogen-bond acceptors (Lipinski definition) is 2. The van der Waals surface area contributed by atoms with E-state index < -0.39 is 11.9 Å². The summed E-state index contributed by atoms with van der Waals surface area (Å²) < 4.78 is 0. The van der Waals surface area contributed by atoms with Crippen molar-refractivity contribution in [3.63, 3.8) is 0 Å². The van der Waals surface area contributed by atoms with Crippen LogP contribution in [-0.4, -0.2) is 32.3 Å². The van der Waals surface area contributed by atoms with E-state index in [0.717, 1.165) is 0 Å². The van der Waals surface area contributed by atoms with Gasteiger partial charge < -0.3 is 13.1 Å². The van der Waals surface area contributed by atoms with Gasteiger partial charge in [-0.1, -0.05) is 0 Å². The zero-order valence-corrected chi connectivity index (χ0v) is 4.57. The van der Waals surface area contributed by atoms with Crippen LogP contribution in [0.3, 0.4) is 0 Å². The average molecular weight is 127 g/mol. The number of hydrogen-bond donors (Lipinski definition) is 2. The van der Waals surface area contributed by atoms with Gasteiger partial charge >= 0.3 is 22.1 Å². The first-order valence-electron chi connectivity index (χ1n) is 1.77. The minimum Gasteiger partial charge on any atom is -1.00 e. The van der Waals surface area contributed by atoms with Gasteiger partial charge in [-0.05, 0) is 0 Å². The van der Waals surface area contributed by atoms with Crippen LogP contribution in [0.5, 0.6) is 0 Å². The molecule has 0 spiro atoms. The molecule has 0 saturated heterocycles. The molecule has 0 aromatic carbocycles. The predicted molar refractivity (Wildman–Crippen MR) is 32.4 cm³/mol. The topological polar surface area (TPSA) is 74.6 Å². The number of rotatable bonds is 2. The second-order valence-corrected chi connectivity index (χ2v) is 1.01. The summed E-state index contributed by atoms with van der Waals surface area (Å²) in [5, 5.41) is 15.6. The fourth-order valence-corrected chi connectivity index (χ4v) is 0.143. The summed E-state index contributed by atoms with van der Waals surface area (Å²) in [5.74, 6) is -2.51. The molecule has 48 valence electrons. The Hall–Kier alpha value is -1.15. The minimum atomic E-state index is -1.26. The second kappa shape index (κ2) is 4.99. The molecule has 0 bridgehead atoms. The van der Waals surface area contributed by atoms with Gasteiger partial charge in [0.25, 0.3) is 0 Å². The Bertz CT molecular complexity index is 131. The van der Waals surface area contributed by atoms with Crippen LogP contribution >= 0.6 is 0 Å². The Morgan fingerprint density at radius 3 is 1.44 bits per heavy atom. The van der Waals surface area contributed by atoms with Gasteiger partial charge in [-0.3, -0.25) is 0 Å². The largest absolute Gasteiger partial charge is 2.00 e. The normalized spacial score (nSPS) is 8.44. The predicted octanol–water partition coefficient (Wildman–Crippen LogP) is -0.444. The zero-order chi connectivity index (χ0) is 6.57. The molecular weight excluding hydrogens is 121 g/mol. The van der Waals surface area contributed by atoms with Crippen LogP contribution < -0.4 is 0 Å². The Labute approximate surface area is 58.0 Å². The average Bonchev–Trinajstić information content (AvgIpc) is 1.61. The molecular formula is C4H6BeO4. The van der Waals surface area contributed by atoms with Crippen molar-refractivity contribution in [3.05, 3.63) is 12.2 Å². The number of aliphatic carboxylic acids is 2. The molecule has 0 heterocycles. The molecule has 5 heteroatoms. The molecule has 2 N–H and O–H groups in total. The first-order chi connectivity index (χ1) is 3.63. The first-order valence-corrected chi connectivity index (χ1v) is 1.77. The third-order valence-electron chi connectivity index (χ3n) is 0.368. The third-order valence-corrected chi connectivity index (χ3v) is 0.368. The van der Waals surface area contributed by atoms with E-state index in [1.54, 1.807) is 0 Å². The summed E-state index contributed by atoms with van der Waals surface area (Å²) >= 11 is 0. The second-order valence-electron chi connectivity index (χ2n) is 1.01. The van der Waals surface area contributed by atoms with Crippen molar-refractivity contribution in [2.24, 2.45) is 0 Å². The Balaban J connectivity index is -0.0000000817. The number of carboxylic acid groups (broad SMARTS) is 2. The Morgan fingerprint density at radius 1 is 1.11 bits per heavy atom. The van der Waals surface area contributed by atoms with E-state index >= 15 is 0 Å². The van der Waals surface area contributed by atoms with Gasteiger partial charge in [0.15, 0.2) is 0 Å². The maximum absolute atomic E-state index is 9.55. The SMILES string of the molecule is O=C(O)/C=C\C(=O)O.[Be+2].[H-].[H-]. The molecule has 0 aliphatic carbocycles. The standard InChI is InChI=1S/C4H4O4.Be.2H/c5-3(6)1-2-4(7)8;;;/h1-2H,(H,5,6)(H,7,8);;;/q;+2;2*-1/b2-1-;;;. The summed E-state index contributed by atoms with van der Waals surface area (Å²) in [7, 11) is 0. The van der Waals surface area contributed by atoms with Gasteiger partial charge in [-0.2, -0.15) is 0 Å². The van der Waals surface area contributed by atoms with Crippen molar-refractivity contribution in [1.29, 1.82) is 0 Å². The molecule has 0 fully saturated rings. The summed E-state index contributed by atoms with van der Waals surface area (Å²) in [6.45, 7) is 0. The fourth-order valence-electron chi connectivity index (χ4n) is 0.143. The van der Waals surface area contributed by atoms with Gasteiger partial charge in [0.2, 0.25) is 0 Å². The van der Waals surface area contributed by atoms with E-state index in [2.05, 4.69) is 0 Å². The Morgan fingerprint density at radius 2 is 1.33 bits per heavy atom. The van der Waals surface area contributed by atoms with Crippen molar-refractivity contribution in [2.45, 2.75) is 0 Å². The van der Waals surface area contributed by atoms with Crippen LogP contribution in [0.4, 0.5) is 0 Å². The van der Waals surface area contributed by atoms with Crippen molar-refractivity contribution in [1.82, 2.24) is 0 Å². The Kier molecular flexibility index (Phi) is 5.97. The van der Waals surface area contributed by atoms with Crippen molar-refractivity contribution in [2.75, 3.05) is 0 Å². The minimum absolute atomic E-state index is 0. The van der Waals surface area contributed by atoms with Gasteiger partial charge in [0.05, 0.1) is 0 Å². The quantitative estimate of drug-likeness (QED) is 0.389. The molecule has 9 heavy (non-hydrogen) atoms. The van der Waals surface area contributed by atoms with E-state index in [1.807, 2.05) is 0 Å². The van der Waals surface area contributed by atoms with Crippen LogP contribution in [0.2, 0.25) is 0 Å². The molecule has 0 aromatic heterocycles. The molecule has 0 radical (unpaired) electrons. The van der Waals surface area contributed by atoms with E-state index in [-0.39, 0.29) is 13.0 Å². The summed E-state index contributed by atoms with van der Waals surface area (Å²) in [6.07, 6.45) is 1.12. The van der Waals surface area contributed by atoms with E-state index in [9.17, 15) is 9.59 Å².